The minimum atomic E-state index is -2.82. The molecule has 1 aromatic rings. The first-order chi connectivity index (χ1) is 11.9. The van der Waals surface area contributed by atoms with Crippen LogP contribution in [0.1, 0.15) is 42.5 Å². The number of rotatable bonds is 6. The SMILES string of the molecule is O=C(NCCCC1CCS(=O)(=O)C1)c1ccc(N2CCCC2=O)cc1. The predicted octanol–water partition coefficient (Wildman–Crippen LogP) is 1.76. The van der Waals surface area contributed by atoms with Gasteiger partial charge in [0.2, 0.25) is 5.91 Å². The number of carbonyl (C=O) groups is 2. The van der Waals surface area contributed by atoms with E-state index < -0.39 is 9.84 Å². The van der Waals surface area contributed by atoms with Crippen molar-refractivity contribution in [3.8, 4) is 0 Å². The van der Waals surface area contributed by atoms with E-state index >= 15 is 0 Å². The summed E-state index contributed by atoms with van der Waals surface area (Å²) in [4.78, 5) is 25.6. The Bertz CT molecular complexity index is 743. The lowest BCUT2D eigenvalue weighted by Crippen LogP contribution is -2.26. The van der Waals surface area contributed by atoms with Gasteiger partial charge < -0.3 is 10.2 Å². The fourth-order valence-electron chi connectivity index (χ4n) is 3.51. The number of carbonyl (C=O) groups excluding carboxylic acids is 2. The van der Waals surface area contributed by atoms with E-state index in [1.807, 2.05) is 12.1 Å². The predicted molar refractivity (Wildman–Crippen MR) is 96.4 cm³/mol. The number of benzene rings is 1. The van der Waals surface area contributed by atoms with Crippen LogP contribution < -0.4 is 10.2 Å². The van der Waals surface area contributed by atoms with Gasteiger partial charge in [0, 0.05) is 30.8 Å². The number of sulfone groups is 1. The standard InChI is InChI=1S/C18H24N2O4S/c21-17-4-2-11-20(17)16-7-5-15(6-8-16)18(22)19-10-1-3-14-9-12-25(23,24)13-14/h5-8,14H,1-4,9-13H2,(H,19,22). The molecule has 2 amide bonds. The summed E-state index contributed by atoms with van der Waals surface area (Å²) in [7, 11) is -2.82. The lowest BCUT2D eigenvalue weighted by molar-refractivity contribution is -0.117. The number of amides is 2. The first-order valence-corrected chi connectivity index (χ1v) is 10.7. The quantitative estimate of drug-likeness (QED) is 0.780. The maximum absolute atomic E-state index is 12.2. The van der Waals surface area contributed by atoms with Gasteiger partial charge in [-0.25, -0.2) is 8.42 Å². The van der Waals surface area contributed by atoms with Gasteiger partial charge in [0.1, 0.15) is 0 Å². The summed E-state index contributed by atoms with van der Waals surface area (Å²) in [5.41, 5.74) is 1.40. The van der Waals surface area contributed by atoms with Crippen LogP contribution in [0.2, 0.25) is 0 Å². The van der Waals surface area contributed by atoms with Gasteiger partial charge in [-0.2, -0.15) is 0 Å². The third-order valence-electron chi connectivity index (χ3n) is 4.92. The molecule has 2 heterocycles. The average molecular weight is 364 g/mol. The highest BCUT2D eigenvalue weighted by atomic mass is 32.2. The van der Waals surface area contributed by atoms with Gasteiger partial charge in [-0.3, -0.25) is 9.59 Å². The summed E-state index contributed by atoms with van der Waals surface area (Å²) < 4.78 is 22.8. The molecule has 7 heteroatoms. The lowest BCUT2D eigenvalue weighted by Gasteiger charge is -2.15. The fourth-order valence-corrected chi connectivity index (χ4v) is 5.42. The Morgan fingerprint density at radius 1 is 1.24 bits per heavy atom. The van der Waals surface area contributed by atoms with Crippen molar-refractivity contribution in [1.29, 1.82) is 0 Å². The fraction of sp³-hybridized carbons (Fsp3) is 0.556. The Hall–Kier alpha value is -1.89. The summed E-state index contributed by atoms with van der Waals surface area (Å²) in [6.07, 6.45) is 3.82. The second-order valence-corrected chi connectivity index (χ2v) is 9.09. The van der Waals surface area contributed by atoms with Gasteiger partial charge in [0.15, 0.2) is 9.84 Å². The average Bonchev–Trinajstić information content (AvgIpc) is 3.16. The first kappa shape index (κ1) is 17.9. The number of anilines is 1. The van der Waals surface area contributed by atoms with Crippen LogP contribution in [0.3, 0.4) is 0 Å². The molecular weight excluding hydrogens is 340 g/mol. The molecule has 0 saturated carbocycles. The zero-order chi connectivity index (χ0) is 17.9. The second kappa shape index (κ2) is 7.56. The van der Waals surface area contributed by atoms with Crippen molar-refractivity contribution in [2.75, 3.05) is 29.5 Å². The van der Waals surface area contributed by atoms with Crippen molar-refractivity contribution in [3.63, 3.8) is 0 Å². The van der Waals surface area contributed by atoms with Crippen molar-refractivity contribution in [3.05, 3.63) is 29.8 Å². The summed E-state index contributed by atoms with van der Waals surface area (Å²) in [6, 6.07) is 7.09. The van der Waals surface area contributed by atoms with E-state index in [1.54, 1.807) is 17.0 Å². The molecule has 1 unspecified atom stereocenters. The van der Waals surface area contributed by atoms with Crippen LogP contribution in [0.15, 0.2) is 24.3 Å². The highest BCUT2D eigenvalue weighted by Crippen LogP contribution is 2.23. The normalized spacial score (nSPS) is 22.3. The first-order valence-electron chi connectivity index (χ1n) is 8.84. The Kier molecular flexibility index (Phi) is 5.42. The molecule has 0 aromatic heterocycles. The molecule has 0 bridgehead atoms. The number of hydrogen-bond acceptors (Lipinski definition) is 4. The molecule has 0 radical (unpaired) electrons. The minimum Gasteiger partial charge on any atom is -0.352 e. The number of hydrogen-bond donors (Lipinski definition) is 1. The van der Waals surface area contributed by atoms with Crippen LogP contribution in [0.25, 0.3) is 0 Å². The highest BCUT2D eigenvalue weighted by Gasteiger charge is 2.27. The minimum absolute atomic E-state index is 0.131. The molecule has 1 atom stereocenters. The van der Waals surface area contributed by atoms with Crippen molar-refractivity contribution < 1.29 is 18.0 Å². The Balaban J connectivity index is 1.43. The maximum Gasteiger partial charge on any atom is 0.251 e. The van der Waals surface area contributed by atoms with Gasteiger partial charge >= 0.3 is 0 Å². The van der Waals surface area contributed by atoms with Gasteiger partial charge in [-0.05, 0) is 55.9 Å². The van der Waals surface area contributed by atoms with Crippen LogP contribution in [0.4, 0.5) is 5.69 Å². The van der Waals surface area contributed by atoms with E-state index in [4.69, 9.17) is 0 Å². The molecule has 2 fully saturated rings. The summed E-state index contributed by atoms with van der Waals surface area (Å²) in [5, 5.41) is 2.87. The molecule has 1 N–H and O–H groups in total. The number of nitrogens with zero attached hydrogens (tertiary/aromatic N) is 1. The largest absolute Gasteiger partial charge is 0.352 e. The Morgan fingerprint density at radius 2 is 2.00 bits per heavy atom. The molecule has 2 saturated heterocycles. The van der Waals surface area contributed by atoms with Gasteiger partial charge in [-0.15, -0.1) is 0 Å². The summed E-state index contributed by atoms with van der Waals surface area (Å²) in [5.74, 6) is 0.816. The van der Waals surface area contributed by atoms with Crippen LogP contribution in [-0.4, -0.2) is 44.8 Å². The monoisotopic (exact) mass is 364 g/mol. The zero-order valence-electron chi connectivity index (χ0n) is 14.2. The molecule has 2 aliphatic heterocycles. The Morgan fingerprint density at radius 3 is 2.60 bits per heavy atom. The molecule has 0 aliphatic carbocycles. The zero-order valence-corrected chi connectivity index (χ0v) is 15.1. The van der Waals surface area contributed by atoms with Crippen LogP contribution in [0.5, 0.6) is 0 Å². The van der Waals surface area contributed by atoms with Gasteiger partial charge in [0.25, 0.3) is 5.91 Å². The summed E-state index contributed by atoms with van der Waals surface area (Å²) >= 11 is 0. The number of nitrogens with one attached hydrogen (secondary N) is 1. The van der Waals surface area contributed by atoms with E-state index in [2.05, 4.69) is 5.32 Å². The van der Waals surface area contributed by atoms with Gasteiger partial charge in [-0.1, -0.05) is 0 Å². The van der Waals surface area contributed by atoms with Crippen molar-refractivity contribution in [2.45, 2.75) is 32.1 Å². The topological polar surface area (TPSA) is 83.6 Å². The van der Waals surface area contributed by atoms with Gasteiger partial charge in [0.05, 0.1) is 11.5 Å². The van der Waals surface area contributed by atoms with Crippen LogP contribution in [0, 0.1) is 5.92 Å². The molecule has 6 nitrogen and oxygen atoms in total. The molecule has 136 valence electrons. The third kappa shape index (κ3) is 4.60. The van der Waals surface area contributed by atoms with Crippen LogP contribution >= 0.6 is 0 Å². The second-order valence-electron chi connectivity index (χ2n) is 6.86. The van der Waals surface area contributed by atoms with E-state index in [-0.39, 0.29) is 23.5 Å². The lowest BCUT2D eigenvalue weighted by atomic mass is 10.0. The molecule has 2 aliphatic rings. The van der Waals surface area contributed by atoms with Crippen molar-refractivity contribution in [2.24, 2.45) is 5.92 Å². The van der Waals surface area contributed by atoms with Crippen molar-refractivity contribution in [1.82, 2.24) is 5.32 Å². The highest BCUT2D eigenvalue weighted by molar-refractivity contribution is 7.91. The van der Waals surface area contributed by atoms with E-state index in [9.17, 15) is 18.0 Å². The van der Waals surface area contributed by atoms with E-state index in [1.165, 1.54) is 0 Å². The molecule has 3 rings (SSSR count). The van der Waals surface area contributed by atoms with Crippen LogP contribution in [-0.2, 0) is 14.6 Å². The van der Waals surface area contributed by atoms with E-state index in [0.717, 1.165) is 37.9 Å². The molecule has 25 heavy (non-hydrogen) atoms. The molecule has 0 spiro atoms. The van der Waals surface area contributed by atoms with Crippen molar-refractivity contribution >= 4 is 27.3 Å². The Labute approximate surface area is 148 Å². The third-order valence-corrected chi connectivity index (χ3v) is 6.75. The molecular formula is C18H24N2O4S. The van der Waals surface area contributed by atoms with E-state index in [0.29, 0.717) is 24.3 Å². The molecule has 1 aromatic carbocycles. The summed E-state index contributed by atoms with van der Waals surface area (Å²) in [6.45, 7) is 1.28. The smallest absolute Gasteiger partial charge is 0.251 e. The maximum atomic E-state index is 12.2.